The van der Waals surface area contributed by atoms with Gasteiger partial charge in [0.2, 0.25) is 10.0 Å². The van der Waals surface area contributed by atoms with E-state index in [1.54, 1.807) is 13.8 Å². The summed E-state index contributed by atoms with van der Waals surface area (Å²) < 4.78 is 27.7. The van der Waals surface area contributed by atoms with Crippen LogP contribution in [0.2, 0.25) is 0 Å². The number of aryl methyl sites for hydroxylation is 2. The van der Waals surface area contributed by atoms with Crippen LogP contribution >= 0.6 is 0 Å². The lowest BCUT2D eigenvalue weighted by Crippen LogP contribution is -2.27. The van der Waals surface area contributed by atoms with Gasteiger partial charge in [0.05, 0.1) is 11.4 Å². The molecule has 1 aromatic heterocycles. The standard InChI is InChI=1S/C17H23N3O2S/c1-12-17(13(2)20-19-12)23(21,22)18-11-10-16(15-8-9-15)14-6-4-3-5-7-14/h3-7,15-16,18H,8-11H2,1-2H3,(H,19,20). The van der Waals surface area contributed by atoms with Crippen molar-refractivity contribution in [2.45, 2.75) is 43.9 Å². The van der Waals surface area contributed by atoms with Gasteiger partial charge in [-0.1, -0.05) is 30.3 Å². The summed E-state index contributed by atoms with van der Waals surface area (Å²) in [5.41, 5.74) is 2.40. The van der Waals surface area contributed by atoms with E-state index in [0.717, 1.165) is 6.42 Å². The number of benzene rings is 1. The zero-order chi connectivity index (χ0) is 16.4. The fourth-order valence-electron chi connectivity index (χ4n) is 3.23. The Morgan fingerprint density at radius 1 is 1.26 bits per heavy atom. The minimum absolute atomic E-state index is 0.278. The summed E-state index contributed by atoms with van der Waals surface area (Å²) in [6, 6.07) is 10.4. The SMILES string of the molecule is Cc1n[nH]c(C)c1S(=O)(=O)NCCC(c1ccccc1)C1CC1. The molecule has 0 amide bonds. The minimum Gasteiger partial charge on any atom is -0.281 e. The molecule has 0 bridgehead atoms. The Morgan fingerprint density at radius 3 is 2.52 bits per heavy atom. The summed E-state index contributed by atoms with van der Waals surface area (Å²) in [6.45, 7) is 3.88. The monoisotopic (exact) mass is 333 g/mol. The molecule has 6 heteroatoms. The maximum Gasteiger partial charge on any atom is 0.244 e. The normalized spacial score (nSPS) is 16.4. The van der Waals surface area contributed by atoms with Gasteiger partial charge in [0.25, 0.3) is 0 Å². The molecule has 2 N–H and O–H groups in total. The Labute approximate surface area is 137 Å². The summed E-state index contributed by atoms with van der Waals surface area (Å²) in [5.74, 6) is 1.13. The summed E-state index contributed by atoms with van der Waals surface area (Å²) in [7, 11) is -3.51. The molecule has 1 aliphatic carbocycles. The average molecular weight is 333 g/mol. The fraction of sp³-hybridized carbons (Fsp3) is 0.471. The molecule has 0 spiro atoms. The molecular formula is C17H23N3O2S. The number of rotatable bonds is 7. The Bertz CT molecular complexity index is 745. The highest BCUT2D eigenvalue weighted by Gasteiger charge is 2.32. The maximum atomic E-state index is 12.5. The van der Waals surface area contributed by atoms with E-state index in [-0.39, 0.29) is 4.90 Å². The van der Waals surface area contributed by atoms with Crippen molar-refractivity contribution in [2.75, 3.05) is 6.54 Å². The van der Waals surface area contributed by atoms with Crippen LogP contribution in [0.15, 0.2) is 35.2 Å². The third kappa shape index (κ3) is 3.64. The van der Waals surface area contributed by atoms with Crippen LogP contribution in [0, 0.1) is 19.8 Å². The molecule has 1 atom stereocenters. The third-order valence-corrected chi connectivity index (χ3v) is 6.22. The molecule has 1 aromatic carbocycles. The molecule has 1 aliphatic rings. The predicted molar refractivity (Wildman–Crippen MR) is 89.8 cm³/mol. The molecule has 1 saturated carbocycles. The third-order valence-electron chi connectivity index (χ3n) is 4.50. The summed E-state index contributed by atoms with van der Waals surface area (Å²) in [5, 5.41) is 6.69. The second kappa shape index (κ2) is 6.45. The number of aromatic nitrogens is 2. The molecule has 0 aliphatic heterocycles. The van der Waals surface area contributed by atoms with Crippen molar-refractivity contribution in [1.82, 2.24) is 14.9 Å². The van der Waals surface area contributed by atoms with E-state index in [1.165, 1.54) is 18.4 Å². The fourth-order valence-corrected chi connectivity index (χ4v) is 4.65. The molecule has 3 rings (SSSR count). The van der Waals surface area contributed by atoms with Crippen molar-refractivity contribution in [2.24, 2.45) is 5.92 Å². The van der Waals surface area contributed by atoms with Gasteiger partial charge in [-0.05, 0) is 50.5 Å². The van der Waals surface area contributed by atoms with Gasteiger partial charge in [0.1, 0.15) is 4.90 Å². The van der Waals surface area contributed by atoms with Crippen LogP contribution in [0.5, 0.6) is 0 Å². The number of hydrogen-bond donors (Lipinski definition) is 2. The van der Waals surface area contributed by atoms with Crippen molar-refractivity contribution < 1.29 is 8.42 Å². The smallest absolute Gasteiger partial charge is 0.244 e. The Morgan fingerprint density at radius 2 is 1.96 bits per heavy atom. The first-order chi connectivity index (χ1) is 11.0. The van der Waals surface area contributed by atoms with Gasteiger partial charge in [-0.2, -0.15) is 5.10 Å². The van der Waals surface area contributed by atoms with E-state index in [4.69, 9.17) is 0 Å². The Hall–Kier alpha value is -1.66. The lowest BCUT2D eigenvalue weighted by molar-refractivity contribution is 0.538. The Balaban J connectivity index is 1.66. The molecule has 0 radical (unpaired) electrons. The largest absolute Gasteiger partial charge is 0.281 e. The van der Waals surface area contributed by atoms with Gasteiger partial charge in [-0.25, -0.2) is 13.1 Å². The number of nitrogens with zero attached hydrogens (tertiary/aromatic N) is 1. The highest BCUT2D eigenvalue weighted by Crippen LogP contribution is 2.44. The second-order valence-corrected chi connectivity index (χ2v) is 8.01. The van der Waals surface area contributed by atoms with E-state index in [2.05, 4.69) is 27.1 Å². The first-order valence-electron chi connectivity index (χ1n) is 8.05. The summed E-state index contributed by atoms with van der Waals surface area (Å²) >= 11 is 0. The lowest BCUT2D eigenvalue weighted by Gasteiger charge is -2.17. The zero-order valence-electron chi connectivity index (χ0n) is 13.5. The van der Waals surface area contributed by atoms with E-state index >= 15 is 0 Å². The van der Waals surface area contributed by atoms with Gasteiger partial charge in [0, 0.05) is 6.54 Å². The van der Waals surface area contributed by atoms with Crippen molar-refractivity contribution in [3.8, 4) is 0 Å². The van der Waals surface area contributed by atoms with Gasteiger partial charge >= 0.3 is 0 Å². The minimum atomic E-state index is -3.51. The van der Waals surface area contributed by atoms with Crippen LogP contribution in [0.3, 0.4) is 0 Å². The quantitative estimate of drug-likeness (QED) is 0.818. The predicted octanol–water partition coefficient (Wildman–Crippen LogP) is 2.89. The van der Waals surface area contributed by atoms with E-state index in [9.17, 15) is 8.42 Å². The molecule has 1 unspecified atom stereocenters. The maximum absolute atomic E-state index is 12.5. The Kier molecular flexibility index (Phi) is 4.55. The summed E-state index contributed by atoms with van der Waals surface area (Å²) in [6.07, 6.45) is 3.31. The first-order valence-corrected chi connectivity index (χ1v) is 9.53. The van der Waals surface area contributed by atoms with Crippen molar-refractivity contribution in [3.05, 3.63) is 47.3 Å². The van der Waals surface area contributed by atoms with Crippen molar-refractivity contribution in [1.29, 1.82) is 0 Å². The van der Waals surface area contributed by atoms with Gasteiger partial charge in [-0.15, -0.1) is 0 Å². The van der Waals surface area contributed by atoms with E-state index < -0.39 is 10.0 Å². The first kappa shape index (κ1) is 16.2. The molecular weight excluding hydrogens is 310 g/mol. The molecule has 1 heterocycles. The number of H-pyrrole nitrogens is 1. The van der Waals surface area contributed by atoms with Crippen LogP contribution in [0.4, 0.5) is 0 Å². The zero-order valence-corrected chi connectivity index (χ0v) is 14.4. The summed E-state index contributed by atoms with van der Waals surface area (Å²) in [4.78, 5) is 0.278. The molecule has 2 aromatic rings. The van der Waals surface area contributed by atoms with Gasteiger partial charge in [0.15, 0.2) is 0 Å². The molecule has 0 saturated heterocycles. The molecule has 124 valence electrons. The number of aromatic amines is 1. The molecule has 23 heavy (non-hydrogen) atoms. The lowest BCUT2D eigenvalue weighted by atomic mass is 9.91. The number of sulfonamides is 1. The number of nitrogens with one attached hydrogen (secondary N) is 2. The average Bonchev–Trinajstić information content (AvgIpc) is 3.29. The van der Waals surface area contributed by atoms with Crippen LogP contribution in [0.1, 0.15) is 42.1 Å². The highest BCUT2D eigenvalue weighted by molar-refractivity contribution is 7.89. The highest BCUT2D eigenvalue weighted by atomic mass is 32.2. The van der Waals surface area contributed by atoms with Crippen LogP contribution in [-0.2, 0) is 10.0 Å². The van der Waals surface area contributed by atoms with Crippen molar-refractivity contribution in [3.63, 3.8) is 0 Å². The second-order valence-electron chi connectivity index (χ2n) is 6.30. The van der Waals surface area contributed by atoms with Crippen molar-refractivity contribution >= 4 is 10.0 Å². The molecule has 1 fully saturated rings. The molecule has 5 nitrogen and oxygen atoms in total. The van der Waals surface area contributed by atoms with Crippen LogP contribution in [-0.4, -0.2) is 25.2 Å². The van der Waals surface area contributed by atoms with Gasteiger partial charge < -0.3 is 0 Å². The van der Waals surface area contributed by atoms with Crippen LogP contribution < -0.4 is 4.72 Å². The number of hydrogen-bond acceptors (Lipinski definition) is 3. The van der Waals surface area contributed by atoms with Crippen LogP contribution in [0.25, 0.3) is 0 Å². The van der Waals surface area contributed by atoms with E-state index in [0.29, 0.717) is 29.8 Å². The van der Waals surface area contributed by atoms with E-state index in [1.807, 2.05) is 18.2 Å². The van der Waals surface area contributed by atoms with Gasteiger partial charge in [-0.3, -0.25) is 5.10 Å². The topological polar surface area (TPSA) is 74.8 Å².